The number of carbonyl (C=O) groups excluding carboxylic acids is 2. The second-order valence-electron chi connectivity index (χ2n) is 8.62. The zero-order valence-corrected chi connectivity index (χ0v) is 19.2. The minimum absolute atomic E-state index is 0.0783. The fourth-order valence-electron chi connectivity index (χ4n) is 3.43. The van der Waals surface area contributed by atoms with E-state index in [9.17, 15) is 9.59 Å². The molecule has 0 bridgehead atoms. The molecule has 7 heteroatoms. The van der Waals surface area contributed by atoms with Crippen molar-refractivity contribution in [2.75, 3.05) is 33.3 Å². The molecule has 2 aromatic carbocycles. The van der Waals surface area contributed by atoms with Crippen LogP contribution in [0.3, 0.4) is 0 Å². The third-order valence-corrected chi connectivity index (χ3v) is 5.47. The SMILES string of the molecule is COc1cc(C(=O)N2CCN(C(=O)C(C)(C)C)CC2)ccc1OCc1ccc(Cl)cc1. The monoisotopic (exact) mass is 444 g/mol. The molecule has 0 saturated carbocycles. The van der Waals surface area contributed by atoms with Crippen LogP contribution in [0.5, 0.6) is 11.5 Å². The number of hydrogen-bond acceptors (Lipinski definition) is 4. The van der Waals surface area contributed by atoms with Crippen molar-refractivity contribution in [1.29, 1.82) is 0 Å². The predicted molar refractivity (Wildman–Crippen MR) is 121 cm³/mol. The Morgan fingerprint density at radius 2 is 1.55 bits per heavy atom. The van der Waals surface area contributed by atoms with Gasteiger partial charge >= 0.3 is 0 Å². The molecule has 31 heavy (non-hydrogen) atoms. The molecule has 2 amide bonds. The summed E-state index contributed by atoms with van der Waals surface area (Å²) < 4.78 is 11.3. The van der Waals surface area contributed by atoms with Crippen LogP contribution in [0.25, 0.3) is 0 Å². The van der Waals surface area contributed by atoms with E-state index >= 15 is 0 Å². The maximum Gasteiger partial charge on any atom is 0.254 e. The van der Waals surface area contributed by atoms with Gasteiger partial charge in [-0.15, -0.1) is 0 Å². The van der Waals surface area contributed by atoms with Crippen LogP contribution in [-0.2, 0) is 11.4 Å². The van der Waals surface area contributed by atoms with Crippen molar-refractivity contribution in [2.24, 2.45) is 5.41 Å². The quantitative estimate of drug-likeness (QED) is 0.691. The fraction of sp³-hybridized carbons (Fsp3) is 0.417. The lowest BCUT2D eigenvalue weighted by Gasteiger charge is -2.37. The molecular weight excluding hydrogens is 416 g/mol. The molecule has 6 nitrogen and oxygen atoms in total. The number of piperazine rings is 1. The van der Waals surface area contributed by atoms with Crippen LogP contribution in [0.15, 0.2) is 42.5 Å². The van der Waals surface area contributed by atoms with Crippen LogP contribution < -0.4 is 9.47 Å². The highest BCUT2D eigenvalue weighted by atomic mass is 35.5. The Labute approximate surface area is 188 Å². The molecule has 0 aromatic heterocycles. The van der Waals surface area contributed by atoms with E-state index < -0.39 is 5.41 Å². The highest BCUT2D eigenvalue weighted by Gasteiger charge is 2.31. The second kappa shape index (κ2) is 9.60. The van der Waals surface area contributed by atoms with Crippen LogP contribution in [0.1, 0.15) is 36.7 Å². The van der Waals surface area contributed by atoms with Crippen LogP contribution in [0.4, 0.5) is 0 Å². The first-order valence-corrected chi connectivity index (χ1v) is 10.7. The molecule has 1 fully saturated rings. The van der Waals surface area contributed by atoms with E-state index in [-0.39, 0.29) is 11.8 Å². The Morgan fingerprint density at radius 3 is 2.13 bits per heavy atom. The maximum atomic E-state index is 13.0. The van der Waals surface area contributed by atoms with Crippen LogP contribution >= 0.6 is 11.6 Å². The minimum atomic E-state index is -0.415. The Bertz CT molecular complexity index is 930. The zero-order chi connectivity index (χ0) is 22.6. The Kier molecular flexibility index (Phi) is 7.11. The third kappa shape index (κ3) is 5.70. The van der Waals surface area contributed by atoms with E-state index in [4.69, 9.17) is 21.1 Å². The number of nitrogens with zero attached hydrogens (tertiary/aromatic N) is 2. The summed E-state index contributed by atoms with van der Waals surface area (Å²) in [5.41, 5.74) is 1.10. The normalized spacial score (nSPS) is 14.4. The van der Waals surface area contributed by atoms with Crippen molar-refractivity contribution in [3.63, 3.8) is 0 Å². The van der Waals surface area contributed by atoms with Crippen LogP contribution in [-0.4, -0.2) is 54.9 Å². The lowest BCUT2D eigenvalue weighted by molar-refractivity contribution is -0.140. The number of benzene rings is 2. The van der Waals surface area contributed by atoms with Gasteiger partial charge in [0.25, 0.3) is 5.91 Å². The summed E-state index contributed by atoms with van der Waals surface area (Å²) in [7, 11) is 1.55. The largest absolute Gasteiger partial charge is 0.493 e. The molecule has 0 atom stereocenters. The van der Waals surface area contributed by atoms with Gasteiger partial charge in [-0.05, 0) is 35.9 Å². The number of carbonyl (C=O) groups is 2. The van der Waals surface area contributed by atoms with Crippen molar-refractivity contribution < 1.29 is 19.1 Å². The summed E-state index contributed by atoms with van der Waals surface area (Å²) in [5.74, 6) is 1.10. The van der Waals surface area contributed by atoms with E-state index in [1.54, 1.807) is 30.2 Å². The second-order valence-corrected chi connectivity index (χ2v) is 9.05. The van der Waals surface area contributed by atoms with E-state index in [1.165, 1.54) is 0 Å². The lowest BCUT2D eigenvalue weighted by Crippen LogP contribution is -2.53. The average Bonchev–Trinajstić information content (AvgIpc) is 2.77. The van der Waals surface area contributed by atoms with Gasteiger partial charge in [-0.2, -0.15) is 0 Å². The summed E-state index contributed by atoms with van der Waals surface area (Å²) >= 11 is 5.91. The van der Waals surface area contributed by atoms with Gasteiger partial charge in [-0.3, -0.25) is 9.59 Å². The molecule has 166 valence electrons. The topological polar surface area (TPSA) is 59.1 Å². The standard InChI is InChI=1S/C24H29ClN2O4/c1-24(2,3)23(29)27-13-11-26(12-14-27)22(28)18-7-10-20(21(15-18)30-4)31-16-17-5-8-19(25)9-6-17/h5-10,15H,11-14,16H2,1-4H3. The lowest BCUT2D eigenvalue weighted by atomic mass is 9.94. The van der Waals surface area contributed by atoms with Crippen molar-refractivity contribution in [3.05, 3.63) is 58.6 Å². The number of hydrogen-bond donors (Lipinski definition) is 0. The number of rotatable bonds is 5. The van der Waals surface area contributed by atoms with E-state index in [2.05, 4.69) is 0 Å². The van der Waals surface area contributed by atoms with Gasteiger partial charge < -0.3 is 19.3 Å². The number of halogens is 1. The van der Waals surface area contributed by atoms with Crippen molar-refractivity contribution in [3.8, 4) is 11.5 Å². The molecule has 1 heterocycles. The minimum Gasteiger partial charge on any atom is -0.493 e. The molecule has 1 aliphatic rings. The fourth-order valence-corrected chi connectivity index (χ4v) is 3.56. The molecule has 0 aliphatic carbocycles. The van der Waals surface area contributed by atoms with Gasteiger partial charge in [0.05, 0.1) is 7.11 Å². The maximum absolute atomic E-state index is 13.0. The van der Waals surface area contributed by atoms with Crippen LogP contribution in [0.2, 0.25) is 5.02 Å². The summed E-state index contributed by atoms with van der Waals surface area (Å²) in [4.78, 5) is 29.0. The Morgan fingerprint density at radius 1 is 0.935 bits per heavy atom. The smallest absolute Gasteiger partial charge is 0.254 e. The van der Waals surface area contributed by atoms with Gasteiger partial charge in [-0.1, -0.05) is 44.5 Å². The Balaban J connectivity index is 1.63. The first kappa shape index (κ1) is 22.9. The molecule has 3 rings (SSSR count). The third-order valence-electron chi connectivity index (χ3n) is 5.21. The molecule has 0 radical (unpaired) electrons. The summed E-state index contributed by atoms with van der Waals surface area (Å²) in [5, 5.41) is 0.674. The summed E-state index contributed by atoms with van der Waals surface area (Å²) in [6.07, 6.45) is 0. The molecule has 1 saturated heterocycles. The average molecular weight is 445 g/mol. The molecule has 0 unspecified atom stereocenters. The van der Waals surface area contributed by atoms with Gasteiger partial charge in [0.2, 0.25) is 5.91 Å². The summed E-state index contributed by atoms with van der Waals surface area (Å²) in [6.45, 7) is 8.21. The van der Waals surface area contributed by atoms with Gasteiger partial charge in [0, 0.05) is 42.2 Å². The first-order chi connectivity index (χ1) is 14.7. The Hall–Kier alpha value is -2.73. The van der Waals surface area contributed by atoms with Gasteiger partial charge in [0.15, 0.2) is 11.5 Å². The van der Waals surface area contributed by atoms with Crippen molar-refractivity contribution >= 4 is 23.4 Å². The summed E-state index contributed by atoms with van der Waals surface area (Å²) in [6, 6.07) is 12.6. The van der Waals surface area contributed by atoms with Crippen molar-refractivity contribution in [2.45, 2.75) is 27.4 Å². The highest BCUT2D eigenvalue weighted by molar-refractivity contribution is 6.30. The first-order valence-electron chi connectivity index (χ1n) is 10.3. The number of methoxy groups -OCH3 is 1. The predicted octanol–water partition coefficient (Wildman–Crippen LogP) is 4.26. The molecule has 2 aromatic rings. The number of ether oxygens (including phenoxy) is 2. The molecule has 1 aliphatic heterocycles. The van der Waals surface area contributed by atoms with E-state index in [0.717, 1.165) is 5.56 Å². The molecular formula is C24H29ClN2O4. The highest BCUT2D eigenvalue weighted by Crippen LogP contribution is 2.30. The number of amides is 2. The van der Waals surface area contributed by atoms with Crippen LogP contribution in [0, 0.1) is 5.41 Å². The van der Waals surface area contributed by atoms with E-state index in [0.29, 0.717) is 54.9 Å². The van der Waals surface area contributed by atoms with E-state index in [1.807, 2.05) is 49.9 Å². The molecule has 0 spiro atoms. The molecule has 0 N–H and O–H groups in total. The van der Waals surface area contributed by atoms with Crippen molar-refractivity contribution in [1.82, 2.24) is 9.80 Å². The van der Waals surface area contributed by atoms with Gasteiger partial charge in [0.1, 0.15) is 6.61 Å². The zero-order valence-electron chi connectivity index (χ0n) is 18.5. The van der Waals surface area contributed by atoms with Gasteiger partial charge in [-0.25, -0.2) is 0 Å².